The van der Waals surface area contributed by atoms with Crippen molar-refractivity contribution in [1.82, 2.24) is 21.3 Å². The maximum atomic E-state index is 13.2. The number of nitrogens with zero attached hydrogens (tertiary/aromatic N) is 1. The summed E-state index contributed by atoms with van der Waals surface area (Å²) in [6.07, 6.45) is -4.02. The lowest BCUT2D eigenvalue weighted by Gasteiger charge is -2.32. The highest BCUT2D eigenvalue weighted by Crippen LogP contribution is 2.21. The first-order valence-electron chi connectivity index (χ1n) is 16.2. The number of primary amides is 1. The van der Waals surface area contributed by atoms with Crippen molar-refractivity contribution in [3.8, 4) is 0 Å². The summed E-state index contributed by atoms with van der Waals surface area (Å²) in [5.41, 5.74) is 16.2. The first-order chi connectivity index (χ1) is 21.6. The summed E-state index contributed by atoms with van der Waals surface area (Å²) in [7, 11) is 0. The van der Waals surface area contributed by atoms with Crippen molar-refractivity contribution >= 4 is 35.5 Å². The third kappa shape index (κ3) is 15.3. The van der Waals surface area contributed by atoms with Crippen LogP contribution in [-0.2, 0) is 24.0 Å². The Hall–Kier alpha value is -3.50. The van der Waals surface area contributed by atoms with Crippen LogP contribution in [0.1, 0.15) is 81.6 Å². The number of carbonyl (C=O) groups is 5. The summed E-state index contributed by atoms with van der Waals surface area (Å²) in [6, 6.07) is -3.94. The van der Waals surface area contributed by atoms with Crippen LogP contribution in [0, 0.1) is 29.6 Å². The number of nitrogens with one attached hydrogen (secondary N) is 4. The number of aliphatic hydroxyl groups excluding tert-OH is 3. The van der Waals surface area contributed by atoms with Crippen LogP contribution in [0.3, 0.4) is 0 Å². The van der Waals surface area contributed by atoms with E-state index >= 15 is 0 Å². The van der Waals surface area contributed by atoms with Crippen LogP contribution in [0.25, 0.3) is 0 Å². The summed E-state index contributed by atoms with van der Waals surface area (Å²) >= 11 is 0. The lowest BCUT2D eigenvalue weighted by atomic mass is 9.87. The zero-order valence-corrected chi connectivity index (χ0v) is 29.3. The summed E-state index contributed by atoms with van der Waals surface area (Å²) in [5, 5.41) is 42.8. The van der Waals surface area contributed by atoms with Crippen LogP contribution in [0.2, 0.25) is 0 Å². The van der Waals surface area contributed by atoms with Gasteiger partial charge in [0.05, 0.1) is 18.1 Å². The minimum atomic E-state index is -2.13. The van der Waals surface area contributed by atoms with E-state index in [0.717, 1.165) is 0 Å². The van der Waals surface area contributed by atoms with Crippen molar-refractivity contribution in [2.24, 2.45) is 51.8 Å². The van der Waals surface area contributed by atoms with Crippen molar-refractivity contribution in [2.75, 3.05) is 6.54 Å². The molecule has 0 bridgehead atoms. The molecule has 0 aromatic carbocycles. The highest BCUT2D eigenvalue weighted by atomic mass is 16.3. The molecular formula is C31H60N8O8. The molecule has 0 spiro atoms. The topological polar surface area (TPSA) is 285 Å². The lowest BCUT2D eigenvalue weighted by Crippen LogP contribution is -2.60. The van der Waals surface area contributed by atoms with Crippen LogP contribution in [0.15, 0.2) is 4.99 Å². The van der Waals surface area contributed by atoms with Crippen LogP contribution in [0.5, 0.6) is 0 Å². The van der Waals surface area contributed by atoms with E-state index in [0.29, 0.717) is 12.3 Å². The zero-order valence-electron chi connectivity index (χ0n) is 29.3. The molecule has 0 rings (SSSR count). The Morgan fingerprint density at radius 2 is 1.26 bits per heavy atom. The zero-order chi connectivity index (χ0) is 36.8. The Morgan fingerprint density at radius 3 is 1.74 bits per heavy atom. The Labute approximate surface area is 278 Å². The number of guanidine groups is 1. The summed E-state index contributed by atoms with van der Waals surface area (Å²) in [4.78, 5) is 67.8. The van der Waals surface area contributed by atoms with Gasteiger partial charge < -0.3 is 53.8 Å². The van der Waals surface area contributed by atoms with Gasteiger partial charge in [-0.2, -0.15) is 0 Å². The molecule has 0 aliphatic carbocycles. The average Bonchev–Trinajstić information content (AvgIpc) is 2.97. The fourth-order valence-corrected chi connectivity index (χ4v) is 5.07. The third-order valence-corrected chi connectivity index (χ3v) is 8.18. The molecule has 13 N–H and O–H groups in total. The van der Waals surface area contributed by atoms with Crippen LogP contribution < -0.4 is 38.5 Å². The molecule has 0 aliphatic rings. The smallest absolute Gasteiger partial charge is 0.252 e. The molecule has 16 heteroatoms. The predicted octanol–water partition coefficient (Wildman–Crippen LogP) is -1.80. The maximum absolute atomic E-state index is 13.2. The summed E-state index contributed by atoms with van der Waals surface area (Å²) in [6.45, 7) is 15.4. The molecule has 0 heterocycles. The fourth-order valence-electron chi connectivity index (χ4n) is 5.07. The number of hydrogen-bond donors (Lipinski definition) is 10. The molecule has 0 aromatic rings. The Kier molecular flexibility index (Phi) is 19.1. The van der Waals surface area contributed by atoms with Gasteiger partial charge in [0.25, 0.3) is 5.91 Å². The van der Waals surface area contributed by atoms with Gasteiger partial charge in [-0.15, -0.1) is 0 Å². The molecule has 1 unspecified atom stereocenters. The minimum absolute atomic E-state index is 0.00288. The summed E-state index contributed by atoms with van der Waals surface area (Å²) < 4.78 is 0. The number of aliphatic imine (C=N–C) groups is 1. The monoisotopic (exact) mass is 672 g/mol. The van der Waals surface area contributed by atoms with Gasteiger partial charge in [0, 0.05) is 18.5 Å². The predicted molar refractivity (Wildman–Crippen MR) is 178 cm³/mol. The van der Waals surface area contributed by atoms with Crippen molar-refractivity contribution in [3.05, 3.63) is 0 Å². The van der Waals surface area contributed by atoms with Gasteiger partial charge >= 0.3 is 0 Å². The Bertz CT molecular complexity index is 1070. The molecule has 0 saturated carbocycles. The molecule has 47 heavy (non-hydrogen) atoms. The first kappa shape index (κ1) is 43.5. The van der Waals surface area contributed by atoms with E-state index in [9.17, 15) is 39.3 Å². The third-order valence-electron chi connectivity index (χ3n) is 8.18. The first-order valence-corrected chi connectivity index (χ1v) is 16.2. The molecule has 0 radical (unpaired) electrons. The molecule has 5 amide bonds. The number of aliphatic hydroxyl groups is 3. The lowest BCUT2D eigenvalue weighted by molar-refractivity contribution is -0.142. The molecule has 10 atom stereocenters. The van der Waals surface area contributed by atoms with Crippen LogP contribution in [0.4, 0.5) is 0 Å². The van der Waals surface area contributed by atoms with Crippen molar-refractivity contribution in [3.63, 3.8) is 0 Å². The normalized spacial score (nSPS) is 17.9. The molecule has 0 saturated heterocycles. The molecular weight excluding hydrogens is 612 g/mol. The summed E-state index contributed by atoms with van der Waals surface area (Å²) in [5.74, 6) is -6.18. The quantitative estimate of drug-likeness (QED) is 0.0371. The number of hydrogen-bond acceptors (Lipinski definition) is 9. The average molecular weight is 673 g/mol. The molecule has 0 fully saturated rings. The van der Waals surface area contributed by atoms with Crippen molar-refractivity contribution in [2.45, 2.75) is 124 Å². The Morgan fingerprint density at radius 1 is 0.681 bits per heavy atom. The fraction of sp³-hybridized carbons (Fsp3) is 0.806. The van der Waals surface area contributed by atoms with E-state index < -0.39 is 83.7 Å². The highest BCUT2D eigenvalue weighted by Gasteiger charge is 2.38. The van der Waals surface area contributed by atoms with E-state index in [4.69, 9.17) is 17.2 Å². The van der Waals surface area contributed by atoms with Crippen LogP contribution in [-0.4, -0.2) is 99.8 Å². The van der Waals surface area contributed by atoms with Gasteiger partial charge in [-0.25, -0.2) is 0 Å². The number of amides is 5. The second-order valence-corrected chi connectivity index (χ2v) is 13.3. The van der Waals surface area contributed by atoms with Gasteiger partial charge in [0.2, 0.25) is 23.6 Å². The number of carbonyl (C=O) groups excluding carboxylic acids is 5. The van der Waals surface area contributed by atoms with E-state index in [1.54, 1.807) is 20.8 Å². The van der Waals surface area contributed by atoms with Gasteiger partial charge in [-0.3, -0.25) is 29.0 Å². The van der Waals surface area contributed by atoms with E-state index in [2.05, 4.69) is 26.3 Å². The van der Waals surface area contributed by atoms with Gasteiger partial charge in [0.15, 0.2) is 12.1 Å². The van der Waals surface area contributed by atoms with Crippen molar-refractivity contribution < 1.29 is 39.3 Å². The van der Waals surface area contributed by atoms with Gasteiger partial charge in [-0.1, -0.05) is 41.5 Å². The number of rotatable bonds is 21. The number of nitrogens with two attached hydrogens (primary N) is 3. The van der Waals surface area contributed by atoms with E-state index in [-0.39, 0.29) is 37.3 Å². The molecule has 0 aliphatic heterocycles. The maximum Gasteiger partial charge on any atom is 0.252 e. The molecule has 16 nitrogen and oxygen atoms in total. The Balaban J connectivity index is 5.90. The standard InChI is InChI=1S/C31H60N8O8/c1-14(2)13-16(5)23(40)19(8)27(44)37-20(9)28(45)38-21(11-10-12-35-31(33)34)24(41)25(42)30(47)39-22(29(46)36-15(3)4)17(6)18(7)26(32)43/h14-25,40-42H,10-13H2,1-9H3,(H2,32,43)(H,36,46)(H,37,44)(H,38,45)(H,39,47)(H4,33,34,35)/t16-,17+,18-,19-,20-,21?,22+,23-,24-,25-/m1/s1. The second kappa shape index (κ2) is 20.7. The SMILES string of the molecule is CC(C)C[C@@H](C)[C@@H](O)[C@@H](C)C(=O)N[C@H](C)C(=O)NC(CCCN=C(N)N)[C@@H](O)[C@@H](O)C(=O)N[C@H](C(=O)NC(C)C)[C@@H](C)[C@@H](C)C(N)=O. The molecule has 272 valence electrons. The van der Waals surface area contributed by atoms with E-state index in [1.165, 1.54) is 20.8 Å². The highest BCUT2D eigenvalue weighted by molar-refractivity contribution is 5.91. The van der Waals surface area contributed by atoms with Crippen molar-refractivity contribution in [1.29, 1.82) is 0 Å². The minimum Gasteiger partial charge on any atom is -0.392 e. The second-order valence-electron chi connectivity index (χ2n) is 13.3. The molecule has 0 aromatic heterocycles. The van der Waals surface area contributed by atoms with Gasteiger partial charge in [-0.05, 0) is 57.8 Å². The van der Waals surface area contributed by atoms with Crippen LogP contribution >= 0.6 is 0 Å². The largest absolute Gasteiger partial charge is 0.392 e. The van der Waals surface area contributed by atoms with Gasteiger partial charge in [0.1, 0.15) is 18.2 Å². The van der Waals surface area contributed by atoms with E-state index in [1.807, 2.05) is 20.8 Å².